The molecule has 0 N–H and O–H groups in total. The molecule has 3 fully saturated rings. The summed E-state index contributed by atoms with van der Waals surface area (Å²) in [6, 6.07) is 7.62. The van der Waals surface area contributed by atoms with Gasteiger partial charge in [0, 0.05) is 6.42 Å². The van der Waals surface area contributed by atoms with Crippen LogP contribution in [0, 0.1) is 53.3 Å². The van der Waals surface area contributed by atoms with Crippen molar-refractivity contribution in [1.29, 1.82) is 0 Å². The largest absolute Gasteiger partial charge is 0.514 e. The molecule has 0 spiro atoms. The average Bonchev–Trinajstić information content (AvgIpc) is 3.23. The minimum atomic E-state index is -0.560. The summed E-state index contributed by atoms with van der Waals surface area (Å²) in [6.07, 6.45) is 16.0. The average molecular weight is 521 g/mol. The molecule has 0 saturated heterocycles. The number of rotatable bonds is 7. The first-order valence-corrected chi connectivity index (χ1v) is 15.8. The van der Waals surface area contributed by atoms with E-state index >= 15 is 0 Å². The van der Waals surface area contributed by atoms with Gasteiger partial charge in [-0.3, -0.25) is 0 Å². The van der Waals surface area contributed by atoms with Crippen molar-refractivity contribution in [1.82, 2.24) is 0 Å². The number of aryl methyl sites for hydroxylation is 1. The molecule has 5 rings (SSSR count). The molecule has 38 heavy (non-hydrogen) atoms. The third-order valence-electron chi connectivity index (χ3n) is 11.8. The van der Waals surface area contributed by atoms with Gasteiger partial charge in [-0.15, -0.1) is 0 Å². The molecule has 8 atom stereocenters. The Hall–Kier alpha value is -1.77. The number of carbonyl (C=O) groups excluding carboxylic acids is 1. The first kappa shape index (κ1) is 27.8. The van der Waals surface area contributed by atoms with Crippen molar-refractivity contribution in [2.45, 2.75) is 118 Å². The molecule has 0 bridgehead atoms. The van der Waals surface area contributed by atoms with Crippen LogP contribution in [0.3, 0.4) is 0 Å². The highest BCUT2D eigenvalue weighted by molar-refractivity contribution is 5.64. The molecule has 0 radical (unpaired) electrons. The van der Waals surface area contributed by atoms with Crippen molar-refractivity contribution >= 4 is 6.16 Å². The minimum Gasteiger partial charge on any atom is -0.430 e. The zero-order valence-corrected chi connectivity index (χ0v) is 24.9. The summed E-state index contributed by atoms with van der Waals surface area (Å²) in [7, 11) is 0. The number of allylic oxidation sites excluding steroid dienone is 1. The first-order valence-electron chi connectivity index (χ1n) is 15.8. The van der Waals surface area contributed by atoms with E-state index in [4.69, 9.17) is 9.47 Å². The molecule has 1 aromatic rings. The van der Waals surface area contributed by atoms with Gasteiger partial charge in [0.25, 0.3) is 0 Å². The predicted molar refractivity (Wildman–Crippen MR) is 155 cm³/mol. The van der Waals surface area contributed by atoms with Gasteiger partial charge in [0.1, 0.15) is 11.9 Å². The molecule has 3 heteroatoms. The first-order chi connectivity index (χ1) is 18.1. The number of hydrogen-bond donors (Lipinski definition) is 0. The Kier molecular flexibility index (Phi) is 8.05. The molecule has 0 unspecified atom stereocenters. The number of ether oxygens (including phenoxy) is 2. The second kappa shape index (κ2) is 11.0. The fourth-order valence-corrected chi connectivity index (χ4v) is 9.67. The lowest BCUT2D eigenvalue weighted by Crippen LogP contribution is -2.51. The van der Waals surface area contributed by atoms with E-state index in [0.29, 0.717) is 11.2 Å². The zero-order chi connectivity index (χ0) is 27.1. The van der Waals surface area contributed by atoms with Crippen LogP contribution in [0.15, 0.2) is 35.9 Å². The second-order valence-electron chi connectivity index (χ2n) is 14.4. The molecule has 1 aromatic carbocycles. The Balaban J connectivity index is 1.22. The number of fused-ring (bicyclic) bond motifs is 5. The second-order valence-corrected chi connectivity index (χ2v) is 14.4. The predicted octanol–water partition coefficient (Wildman–Crippen LogP) is 9.92. The maximum atomic E-state index is 12.6. The van der Waals surface area contributed by atoms with Crippen LogP contribution in [-0.2, 0) is 4.74 Å². The topological polar surface area (TPSA) is 35.5 Å². The van der Waals surface area contributed by atoms with Crippen LogP contribution in [0.5, 0.6) is 5.75 Å². The summed E-state index contributed by atoms with van der Waals surface area (Å²) in [5.74, 6) is 5.68. The Morgan fingerprint density at radius 2 is 1.79 bits per heavy atom. The highest BCUT2D eigenvalue weighted by Crippen LogP contribution is 2.67. The van der Waals surface area contributed by atoms with Crippen LogP contribution in [0.4, 0.5) is 4.79 Å². The number of carbonyl (C=O) groups is 1. The van der Waals surface area contributed by atoms with Crippen LogP contribution in [-0.4, -0.2) is 12.3 Å². The summed E-state index contributed by atoms with van der Waals surface area (Å²) in [6.45, 7) is 14.5. The van der Waals surface area contributed by atoms with Gasteiger partial charge in [-0.2, -0.15) is 0 Å². The maximum absolute atomic E-state index is 12.6. The highest BCUT2D eigenvalue weighted by atomic mass is 16.7. The van der Waals surface area contributed by atoms with E-state index in [9.17, 15) is 4.79 Å². The molecule has 0 amide bonds. The van der Waals surface area contributed by atoms with Gasteiger partial charge in [-0.05, 0) is 110 Å². The van der Waals surface area contributed by atoms with E-state index in [0.717, 1.165) is 60.3 Å². The van der Waals surface area contributed by atoms with Gasteiger partial charge in [-0.1, -0.05) is 83.7 Å². The fraction of sp³-hybridized carbons (Fsp3) is 0.743. The molecule has 3 nitrogen and oxygen atoms in total. The van der Waals surface area contributed by atoms with Gasteiger partial charge in [0.15, 0.2) is 0 Å². The standard InChI is InChI=1S/C35H52O3/c1-23(2)10-9-12-24(3)29-16-17-30-28-15-14-26-22-27(37-33(36)38-32-13-8-7-11-25(32)4)18-20-34(26,5)31(28)19-21-35(29,30)6/h7-8,11,13-14,23-24,27-31H,9-10,12,15-22H2,1-6H3/t24-,27+,28-,29+,30+,31+,34+,35-/m0/s1. The monoisotopic (exact) mass is 520 g/mol. The third-order valence-corrected chi connectivity index (χ3v) is 11.8. The lowest BCUT2D eigenvalue weighted by molar-refractivity contribution is -0.0597. The van der Waals surface area contributed by atoms with E-state index in [-0.39, 0.29) is 11.5 Å². The van der Waals surface area contributed by atoms with Crippen molar-refractivity contribution in [3.8, 4) is 5.75 Å². The Labute approximate surface area is 232 Å². The number of para-hydroxylation sites is 1. The van der Waals surface area contributed by atoms with Crippen LogP contribution in [0.2, 0.25) is 0 Å². The molecule has 4 aliphatic carbocycles. The highest BCUT2D eigenvalue weighted by Gasteiger charge is 2.59. The van der Waals surface area contributed by atoms with E-state index < -0.39 is 6.16 Å². The van der Waals surface area contributed by atoms with Crippen LogP contribution < -0.4 is 4.74 Å². The minimum absolute atomic E-state index is 0.0706. The fourth-order valence-electron chi connectivity index (χ4n) is 9.67. The van der Waals surface area contributed by atoms with Crippen LogP contribution >= 0.6 is 0 Å². The molecule has 0 heterocycles. The molecule has 210 valence electrons. The van der Waals surface area contributed by atoms with Crippen molar-refractivity contribution in [3.63, 3.8) is 0 Å². The SMILES string of the molecule is Cc1ccccc1OC(=O)O[C@@H]1CC[C@]2(C)C(=CC[C@H]3[C@H]4CC[C@H]([C@@H](C)CCCC(C)C)[C@]4(C)CC[C@H]32)C1. The summed E-state index contributed by atoms with van der Waals surface area (Å²) in [5, 5.41) is 0. The van der Waals surface area contributed by atoms with Gasteiger partial charge < -0.3 is 9.47 Å². The van der Waals surface area contributed by atoms with Crippen molar-refractivity contribution < 1.29 is 14.3 Å². The Morgan fingerprint density at radius 1 is 1.00 bits per heavy atom. The summed E-state index contributed by atoms with van der Waals surface area (Å²) >= 11 is 0. The summed E-state index contributed by atoms with van der Waals surface area (Å²) < 4.78 is 11.4. The zero-order valence-electron chi connectivity index (χ0n) is 24.9. The quantitative estimate of drug-likeness (QED) is 0.204. The van der Waals surface area contributed by atoms with Crippen LogP contribution in [0.25, 0.3) is 0 Å². The maximum Gasteiger partial charge on any atom is 0.514 e. The molecule has 0 aliphatic heterocycles. The van der Waals surface area contributed by atoms with Gasteiger partial charge in [-0.25, -0.2) is 4.79 Å². The third kappa shape index (κ3) is 5.20. The smallest absolute Gasteiger partial charge is 0.430 e. The van der Waals surface area contributed by atoms with Crippen molar-refractivity contribution in [3.05, 3.63) is 41.5 Å². The van der Waals surface area contributed by atoms with E-state index in [1.165, 1.54) is 51.4 Å². The van der Waals surface area contributed by atoms with E-state index in [2.05, 4.69) is 40.7 Å². The molecule has 0 aromatic heterocycles. The molecule has 4 aliphatic rings. The molecular weight excluding hydrogens is 468 g/mol. The number of hydrogen-bond acceptors (Lipinski definition) is 3. The summed E-state index contributed by atoms with van der Waals surface area (Å²) in [5.41, 5.74) is 3.30. The lowest BCUT2D eigenvalue weighted by atomic mass is 9.47. The Morgan fingerprint density at radius 3 is 2.55 bits per heavy atom. The van der Waals surface area contributed by atoms with Gasteiger partial charge in [0.05, 0.1) is 0 Å². The normalized spacial score (nSPS) is 37.0. The van der Waals surface area contributed by atoms with Crippen molar-refractivity contribution in [2.75, 3.05) is 0 Å². The van der Waals surface area contributed by atoms with E-state index in [1.807, 2.05) is 31.2 Å². The summed E-state index contributed by atoms with van der Waals surface area (Å²) in [4.78, 5) is 12.6. The molecular formula is C35H52O3. The molecule has 3 saturated carbocycles. The Bertz CT molecular complexity index is 1030. The van der Waals surface area contributed by atoms with E-state index in [1.54, 1.807) is 5.57 Å². The number of benzene rings is 1. The van der Waals surface area contributed by atoms with Gasteiger partial charge in [0.2, 0.25) is 0 Å². The van der Waals surface area contributed by atoms with Crippen molar-refractivity contribution in [2.24, 2.45) is 46.3 Å². The lowest BCUT2D eigenvalue weighted by Gasteiger charge is -2.58. The van der Waals surface area contributed by atoms with Gasteiger partial charge >= 0.3 is 6.16 Å². The van der Waals surface area contributed by atoms with Crippen LogP contribution in [0.1, 0.15) is 111 Å².